The van der Waals surface area contributed by atoms with Gasteiger partial charge in [0.15, 0.2) is 6.29 Å². The van der Waals surface area contributed by atoms with Gasteiger partial charge >= 0.3 is 0 Å². The number of rotatable bonds is 15. The van der Waals surface area contributed by atoms with Crippen LogP contribution in [0.3, 0.4) is 0 Å². The van der Waals surface area contributed by atoms with Crippen LogP contribution in [0.5, 0.6) is 0 Å². The summed E-state index contributed by atoms with van der Waals surface area (Å²) in [5.74, 6) is -0.171. The number of carbonyl (C=O) groups is 2. The predicted octanol–water partition coefficient (Wildman–Crippen LogP) is 7.53. The minimum atomic E-state index is -0.629. The van der Waals surface area contributed by atoms with Crippen LogP contribution >= 0.6 is 0 Å². The van der Waals surface area contributed by atoms with Crippen LogP contribution in [-0.4, -0.2) is 41.5 Å². The zero-order valence-electron chi connectivity index (χ0n) is 28.4. The molecule has 5 rings (SSSR count). The molecule has 4 atom stereocenters. The molecule has 1 aliphatic rings. The van der Waals surface area contributed by atoms with Crippen molar-refractivity contribution in [3.05, 3.63) is 125 Å². The summed E-state index contributed by atoms with van der Waals surface area (Å²) < 4.78 is 13.1. The first kappa shape index (κ1) is 35.8. The summed E-state index contributed by atoms with van der Waals surface area (Å²) in [7, 11) is 2.11. The topological polar surface area (TPSA) is 126 Å². The van der Waals surface area contributed by atoms with Crippen molar-refractivity contribution in [3.63, 3.8) is 0 Å². The molecule has 9 nitrogen and oxygen atoms in total. The van der Waals surface area contributed by atoms with Gasteiger partial charge in [0.05, 0.1) is 30.2 Å². The van der Waals surface area contributed by atoms with Gasteiger partial charge in [0, 0.05) is 43.1 Å². The number of unbranched alkanes of at least 4 members (excludes halogenated alkanes) is 2. The standard InChI is InChI=1S/C40H48N4O5/c1-28(30-12-5-3-6-13-30)44(2)26-34-25-37(31-22-20-29(27-45)21-23-31)49-40(48-34)32-14-11-15-33(24-32)42-38(46)18-7-4-8-19-39(47)43-36-17-10-9-16-35(36)41/h3,5-6,9-17,20-24,28,34,37,40,45H,4,7-8,18-19,25-27,41H2,1-2H3,(H,42,46)(H,43,47). The Bertz CT molecular complexity index is 1650. The van der Waals surface area contributed by atoms with Gasteiger partial charge in [-0.15, -0.1) is 0 Å². The summed E-state index contributed by atoms with van der Waals surface area (Å²) in [6, 6.07) is 33.3. The average molecular weight is 665 g/mol. The molecule has 4 aromatic carbocycles. The molecule has 258 valence electrons. The lowest BCUT2D eigenvalue weighted by atomic mass is 9.99. The van der Waals surface area contributed by atoms with Crippen LogP contribution in [0.1, 0.15) is 86.1 Å². The number of aliphatic hydroxyl groups is 1. The summed E-state index contributed by atoms with van der Waals surface area (Å²) in [5.41, 5.74) is 11.7. The molecule has 9 heteroatoms. The van der Waals surface area contributed by atoms with E-state index in [9.17, 15) is 14.7 Å². The first-order valence-electron chi connectivity index (χ1n) is 17.1. The number of carbonyl (C=O) groups excluding carboxylic acids is 2. The molecular weight excluding hydrogens is 616 g/mol. The fourth-order valence-electron chi connectivity index (χ4n) is 6.06. The third-order valence-corrected chi connectivity index (χ3v) is 9.03. The Morgan fingerprint density at radius 3 is 2.24 bits per heavy atom. The van der Waals surface area contributed by atoms with Crippen molar-refractivity contribution in [3.8, 4) is 0 Å². The van der Waals surface area contributed by atoms with E-state index in [0.29, 0.717) is 55.7 Å². The van der Waals surface area contributed by atoms with Crippen molar-refractivity contribution in [1.29, 1.82) is 0 Å². The highest BCUT2D eigenvalue weighted by Crippen LogP contribution is 2.39. The minimum Gasteiger partial charge on any atom is -0.397 e. The third kappa shape index (κ3) is 10.5. The smallest absolute Gasteiger partial charge is 0.224 e. The van der Waals surface area contributed by atoms with Gasteiger partial charge in [0.1, 0.15) is 0 Å². The van der Waals surface area contributed by atoms with Crippen molar-refractivity contribution in [1.82, 2.24) is 4.90 Å². The van der Waals surface area contributed by atoms with Gasteiger partial charge < -0.3 is 30.9 Å². The third-order valence-electron chi connectivity index (χ3n) is 9.03. The number of likely N-dealkylation sites (N-methyl/N-ethyl adjacent to an activating group) is 1. The highest BCUT2D eigenvalue weighted by atomic mass is 16.7. The average Bonchev–Trinajstić information content (AvgIpc) is 3.12. The van der Waals surface area contributed by atoms with E-state index >= 15 is 0 Å². The van der Waals surface area contributed by atoms with E-state index in [1.165, 1.54) is 5.56 Å². The van der Waals surface area contributed by atoms with Gasteiger partial charge in [0.2, 0.25) is 11.8 Å². The van der Waals surface area contributed by atoms with E-state index in [1.807, 2.05) is 66.7 Å². The first-order valence-corrected chi connectivity index (χ1v) is 17.1. The van der Waals surface area contributed by atoms with E-state index in [0.717, 1.165) is 23.1 Å². The number of aliphatic hydroxyl groups excluding tert-OH is 1. The second kappa shape index (κ2) is 17.7. The van der Waals surface area contributed by atoms with Gasteiger partial charge in [-0.25, -0.2) is 0 Å². The van der Waals surface area contributed by atoms with Crippen LogP contribution in [-0.2, 0) is 25.7 Å². The summed E-state index contributed by atoms with van der Waals surface area (Å²) >= 11 is 0. The molecule has 0 saturated carbocycles. The molecule has 49 heavy (non-hydrogen) atoms. The molecule has 4 aromatic rings. The number of benzene rings is 4. The lowest BCUT2D eigenvalue weighted by Crippen LogP contribution is -2.38. The summed E-state index contributed by atoms with van der Waals surface area (Å²) in [6.07, 6.45) is 2.58. The fraction of sp³-hybridized carbons (Fsp3) is 0.350. The van der Waals surface area contributed by atoms with Gasteiger partial charge in [-0.1, -0.05) is 85.3 Å². The minimum absolute atomic E-state index is 0.0112. The number of nitrogens with one attached hydrogen (secondary N) is 2. The number of hydrogen-bond acceptors (Lipinski definition) is 7. The molecular formula is C40H48N4O5. The largest absolute Gasteiger partial charge is 0.397 e. The van der Waals surface area contributed by atoms with Crippen molar-refractivity contribution in [2.45, 2.75) is 76.6 Å². The molecule has 0 spiro atoms. The normalized spacial score (nSPS) is 18.2. The zero-order chi connectivity index (χ0) is 34.6. The molecule has 1 aliphatic heterocycles. The number of nitrogen functional groups attached to an aromatic ring is 1. The monoisotopic (exact) mass is 664 g/mol. The Hall–Kier alpha value is -4.54. The van der Waals surface area contributed by atoms with Gasteiger partial charge in [0.25, 0.3) is 0 Å². The molecule has 2 amide bonds. The highest BCUT2D eigenvalue weighted by molar-refractivity contribution is 5.93. The molecule has 1 fully saturated rings. The second-order valence-electron chi connectivity index (χ2n) is 12.7. The Morgan fingerprint density at radius 2 is 1.53 bits per heavy atom. The maximum absolute atomic E-state index is 12.8. The van der Waals surface area contributed by atoms with Gasteiger partial charge in [-0.2, -0.15) is 0 Å². The lowest BCUT2D eigenvalue weighted by Gasteiger charge is -2.39. The Morgan fingerprint density at radius 1 is 0.837 bits per heavy atom. The van der Waals surface area contributed by atoms with E-state index in [1.54, 1.807) is 12.1 Å². The van der Waals surface area contributed by atoms with Crippen LogP contribution in [0.4, 0.5) is 17.1 Å². The number of anilines is 3. The van der Waals surface area contributed by atoms with Crippen molar-refractivity contribution in [2.24, 2.45) is 0 Å². The Labute approximate surface area is 289 Å². The lowest BCUT2D eigenvalue weighted by molar-refractivity contribution is -0.253. The van der Waals surface area contributed by atoms with Crippen LogP contribution in [0.2, 0.25) is 0 Å². The second-order valence-corrected chi connectivity index (χ2v) is 12.7. The molecule has 1 heterocycles. The molecule has 1 saturated heterocycles. The molecule has 0 aromatic heterocycles. The quantitative estimate of drug-likeness (QED) is 0.0765. The van der Waals surface area contributed by atoms with Crippen LogP contribution in [0.15, 0.2) is 103 Å². The van der Waals surface area contributed by atoms with E-state index in [4.69, 9.17) is 15.2 Å². The number of amides is 2. The number of nitrogens with two attached hydrogens (primary N) is 1. The zero-order valence-corrected chi connectivity index (χ0v) is 28.4. The van der Waals surface area contributed by atoms with Crippen LogP contribution in [0.25, 0.3) is 0 Å². The summed E-state index contributed by atoms with van der Waals surface area (Å²) in [6.45, 7) is 2.89. The molecule has 0 bridgehead atoms. The summed E-state index contributed by atoms with van der Waals surface area (Å²) in [4.78, 5) is 27.4. The maximum atomic E-state index is 12.8. The van der Waals surface area contributed by atoms with Gasteiger partial charge in [-0.05, 0) is 67.8 Å². The molecule has 0 aliphatic carbocycles. The van der Waals surface area contributed by atoms with Crippen molar-refractivity contribution >= 4 is 28.9 Å². The van der Waals surface area contributed by atoms with Crippen molar-refractivity contribution < 1.29 is 24.2 Å². The predicted molar refractivity (Wildman–Crippen MR) is 194 cm³/mol. The SMILES string of the molecule is CC(c1ccccc1)N(C)CC1CC(c2ccc(CO)cc2)OC(c2cccc(NC(=O)CCCCCC(=O)Nc3ccccc3N)c2)O1. The van der Waals surface area contributed by atoms with E-state index in [-0.39, 0.29) is 36.7 Å². The van der Waals surface area contributed by atoms with E-state index < -0.39 is 6.29 Å². The molecule has 0 radical (unpaired) electrons. The summed E-state index contributed by atoms with van der Waals surface area (Å²) in [5, 5.41) is 15.4. The number of hydrogen-bond donors (Lipinski definition) is 4. The van der Waals surface area contributed by atoms with Gasteiger partial charge in [-0.3, -0.25) is 14.5 Å². The fourth-order valence-corrected chi connectivity index (χ4v) is 6.06. The highest BCUT2D eigenvalue weighted by Gasteiger charge is 2.33. The first-order chi connectivity index (χ1) is 23.8. The Kier molecular flexibility index (Phi) is 12.9. The molecule has 5 N–H and O–H groups in total. The van der Waals surface area contributed by atoms with E-state index in [2.05, 4.69) is 53.8 Å². The maximum Gasteiger partial charge on any atom is 0.224 e. The van der Waals surface area contributed by atoms with Crippen LogP contribution in [0, 0.1) is 0 Å². The van der Waals surface area contributed by atoms with Crippen molar-refractivity contribution in [2.75, 3.05) is 30.0 Å². The molecule has 4 unspecified atom stereocenters. The van der Waals surface area contributed by atoms with Crippen LogP contribution < -0.4 is 16.4 Å². The Balaban J connectivity index is 1.17. The number of ether oxygens (including phenoxy) is 2. The number of para-hydroxylation sites is 2. The number of nitrogens with zero attached hydrogens (tertiary/aromatic N) is 1.